The van der Waals surface area contributed by atoms with E-state index in [2.05, 4.69) is 24.3 Å². The average molecular weight is 258 g/mol. The first-order valence-electron chi connectivity index (χ1n) is 7.56. The van der Waals surface area contributed by atoms with Crippen LogP contribution in [-0.4, -0.2) is 11.1 Å². The van der Waals surface area contributed by atoms with E-state index in [4.69, 9.17) is 0 Å². The van der Waals surface area contributed by atoms with Gasteiger partial charge in [-0.3, -0.25) is 4.79 Å². The molecular weight excluding hydrogens is 236 g/mol. The summed E-state index contributed by atoms with van der Waals surface area (Å²) >= 11 is 0. The number of aliphatic carboxylic acids is 1. The minimum atomic E-state index is -0.636. The Morgan fingerprint density at radius 2 is 1.63 bits per heavy atom. The van der Waals surface area contributed by atoms with Crippen LogP contribution in [0.5, 0.6) is 0 Å². The van der Waals surface area contributed by atoms with Gasteiger partial charge in [0.15, 0.2) is 0 Å². The highest BCUT2D eigenvalue weighted by Crippen LogP contribution is 2.41. The second-order valence-electron chi connectivity index (χ2n) is 6.20. The third-order valence-electron chi connectivity index (χ3n) is 5.16. The molecule has 3 rings (SSSR count). The highest BCUT2D eigenvalue weighted by atomic mass is 16.4. The Labute approximate surface area is 114 Å². The van der Waals surface area contributed by atoms with Crippen molar-refractivity contribution in [2.75, 3.05) is 0 Å². The number of benzene rings is 1. The smallest absolute Gasteiger partial charge is 0.314 e. The molecule has 2 aliphatic carbocycles. The predicted octanol–water partition coefficient (Wildman–Crippen LogP) is 4.24. The van der Waals surface area contributed by atoms with Crippen molar-refractivity contribution >= 4 is 5.97 Å². The van der Waals surface area contributed by atoms with E-state index in [1.54, 1.807) is 0 Å². The van der Waals surface area contributed by atoms with E-state index >= 15 is 0 Å². The number of carbonyl (C=O) groups is 1. The number of rotatable bonds is 3. The van der Waals surface area contributed by atoms with Crippen molar-refractivity contribution in [1.29, 1.82) is 0 Å². The molecule has 0 saturated heterocycles. The van der Waals surface area contributed by atoms with Gasteiger partial charge in [-0.2, -0.15) is 0 Å². The van der Waals surface area contributed by atoms with Gasteiger partial charge in [0.1, 0.15) is 0 Å². The lowest BCUT2D eigenvalue weighted by Gasteiger charge is -2.34. The molecule has 2 aliphatic rings. The monoisotopic (exact) mass is 258 g/mol. The molecular formula is C17H22O2. The largest absolute Gasteiger partial charge is 0.481 e. The molecule has 0 aromatic heterocycles. The van der Waals surface area contributed by atoms with Crippen molar-refractivity contribution in [2.45, 2.75) is 62.7 Å². The maximum Gasteiger partial charge on any atom is 0.314 e. The van der Waals surface area contributed by atoms with E-state index in [1.807, 2.05) is 0 Å². The number of carboxylic acids is 1. The van der Waals surface area contributed by atoms with E-state index in [0.717, 1.165) is 37.2 Å². The van der Waals surface area contributed by atoms with Crippen LogP contribution in [-0.2, 0) is 10.2 Å². The first-order valence-corrected chi connectivity index (χ1v) is 7.56. The molecule has 0 heterocycles. The fourth-order valence-electron chi connectivity index (χ4n) is 3.60. The van der Waals surface area contributed by atoms with Crippen molar-refractivity contribution in [3.63, 3.8) is 0 Å². The van der Waals surface area contributed by atoms with Crippen LogP contribution >= 0.6 is 0 Å². The number of carboxylic acid groups (broad SMARTS) is 1. The minimum absolute atomic E-state index is 0.615. The van der Waals surface area contributed by atoms with Crippen LogP contribution in [0.25, 0.3) is 0 Å². The normalized spacial score (nSPS) is 22.7. The van der Waals surface area contributed by atoms with Crippen LogP contribution in [0.3, 0.4) is 0 Å². The Hall–Kier alpha value is -1.31. The van der Waals surface area contributed by atoms with E-state index in [1.165, 1.54) is 31.2 Å². The molecule has 1 aromatic carbocycles. The molecule has 0 aliphatic heterocycles. The quantitative estimate of drug-likeness (QED) is 0.880. The van der Waals surface area contributed by atoms with E-state index in [9.17, 15) is 9.90 Å². The second kappa shape index (κ2) is 4.99. The van der Waals surface area contributed by atoms with Gasteiger partial charge in [-0.1, -0.05) is 49.9 Å². The van der Waals surface area contributed by atoms with Crippen LogP contribution < -0.4 is 0 Å². The van der Waals surface area contributed by atoms with Crippen molar-refractivity contribution < 1.29 is 9.90 Å². The van der Waals surface area contributed by atoms with Gasteiger partial charge in [0, 0.05) is 0 Å². The summed E-state index contributed by atoms with van der Waals surface area (Å²) in [6.07, 6.45) is 8.77. The summed E-state index contributed by atoms with van der Waals surface area (Å²) in [5.41, 5.74) is 1.80. The molecule has 0 bridgehead atoms. The maximum atomic E-state index is 11.8. The van der Waals surface area contributed by atoms with Crippen molar-refractivity contribution in [1.82, 2.24) is 0 Å². The summed E-state index contributed by atoms with van der Waals surface area (Å²) in [4.78, 5) is 11.8. The van der Waals surface area contributed by atoms with Crippen molar-refractivity contribution in [2.24, 2.45) is 0 Å². The van der Waals surface area contributed by atoms with E-state index in [-0.39, 0.29) is 0 Å². The summed E-state index contributed by atoms with van der Waals surface area (Å²) in [5.74, 6) is 0.0878. The second-order valence-corrected chi connectivity index (χ2v) is 6.20. The van der Waals surface area contributed by atoms with Gasteiger partial charge in [-0.15, -0.1) is 0 Å². The zero-order chi connectivity index (χ0) is 13.3. The molecule has 102 valence electrons. The van der Waals surface area contributed by atoms with Crippen molar-refractivity contribution in [3.8, 4) is 0 Å². The Kier molecular flexibility index (Phi) is 3.34. The van der Waals surface area contributed by atoms with E-state index < -0.39 is 11.4 Å². The molecule has 0 radical (unpaired) electrons. The fourth-order valence-corrected chi connectivity index (χ4v) is 3.60. The number of hydrogen-bond acceptors (Lipinski definition) is 1. The Morgan fingerprint density at radius 3 is 2.11 bits per heavy atom. The molecule has 2 nitrogen and oxygen atoms in total. The molecule has 1 N–H and O–H groups in total. The maximum absolute atomic E-state index is 11.8. The Balaban J connectivity index is 1.87. The lowest BCUT2D eigenvalue weighted by atomic mass is 9.69. The van der Waals surface area contributed by atoms with Gasteiger partial charge in [0.2, 0.25) is 0 Å². The first kappa shape index (κ1) is 12.7. The topological polar surface area (TPSA) is 37.3 Å². The highest BCUT2D eigenvalue weighted by Gasteiger charge is 2.41. The molecule has 0 unspecified atom stereocenters. The Morgan fingerprint density at radius 1 is 1.00 bits per heavy atom. The van der Waals surface area contributed by atoms with E-state index in [0.29, 0.717) is 0 Å². The van der Waals surface area contributed by atoms with Crippen LogP contribution in [0.15, 0.2) is 24.3 Å². The van der Waals surface area contributed by atoms with Gasteiger partial charge < -0.3 is 5.11 Å². The summed E-state index contributed by atoms with van der Waals surface area (Å²) < 4.78 is 0. The molecule has 2 heteroatoms. The summed E-state index contributed by atoms with van der Waals surface area (Å²) in [7, 11) is 0. The average Bonchev–Trinajstić information content (AvgIpc) is 2.38. The molecule has 1 aromatic rings. The van der Waals surface area contributed by atoms with Gasteiger partial charge in [0.25, 0.3) is 0 Å². The SMILES string of the molecule is O=C(O)C1(c2ccc(C3CCC3)cc2)CCCCC1. The highest BCUT2D eigenvalue weighted by molar-refractivity contribution is 5.81. The zero-order valence-corrected chi connectivity index (χ0v) is 11.4. The summed E-state index contributed by atoms with van der Waals surface area (Å²) in [5, 5.41) is 9.68. The predicted molar refractivity (Wildman–Crippen MR) is 75.4 cm³/mol. The van der Waals surface area contributed by atoms with Crippen LogP contribution in [0.1, 0.15) is 68.4 Å². The van der Waals surface area contributed by atoms with Gasteiger partial charge in [0.05, 0.1) is 5.41 Å². The zero-order valence-electron chi connectivity index (χ0n) is 11.4. The van der Waals surface area contributed by atoms with Gasteiger partial charge in [-0.25, -0.2) is 0 Å². The summed E-state index contributed by atoms with van der Waals surface area (Å²) in [6.45, 7) is 0. The Bertz CT molecular complexity index is 451. The lowest BCUT2D eigenvalue weighted by Crippen LogP contribution is -2.37. The first-order chi connectivity index (χ1) is 9.22. The van der Waals surface area contributed by atoms with Crippen molar-refractivity contribution in [3.05, 3.63) is 35.4 Å². The summed E-state index contributed by atoms with van der Waals surface area (Å²) in [6, 6.07) is 8.48. The molecule has 0 amide bonds. The van der Waals surface area contributed by atoms with Crippen LogP contribution in [0.2, 0.25) is 0 Å². The lowest BCUT2D eigenvalue weighted by molar-refractivity contribution is -0.145. The molecule has 19 heavy (non-hydrogen) atoms. The molecule has 0 spiro atoms. The minimum Gasteiger partial charge on any atom is -0.481 e. The molecule has 2 fully saturated rings. The van der Waals surface area contributed by atoms with Gasteiger partial charge in [-0.05, 0) is 42.7 Å². The van der Waals surface area contributed by atoms with Crippen LogP contribution in [0, 0.1) is 0 Å². The molecule has 0 atom stereocenters. The fraction of sp³-hybridized carbons (Fsp3) is 0.588. The third kappa shape index (κ3) is 2.18. The van der Waals surface area contributed by atoms with Crippen LogP contribution in [0.4, 0.5) is 0 Å². The third-order valence-corrected chi connectivity index (χ3v) is 5.16. The standard InChI is InChI=1S/C17H22O2/c18-16(19)17(11-2-1-3-12-17)15-9-7-14(8-10-15)13-5-4-6-13/h7-10,13H,1-6,11-12H2,(H,18,19). The van der Waals surface area contributed by atoms with Gasteiger partial charge >= 0.3 is 5.97 Å². The molecule has 2 saturated carbocycles. The number of hydrogen-bond donors (Lipinski definition) is 1.